The van der Waals surface area contributed by atoms with Gasteiger partial charge in [0.15, 0.2) is 0 Å². The third-order valence-corrected chi connectivity index (χ3v) is 8.93. The number of likely N-dealkylation sites (tertiary alicyclic amines) is 1. The van der Waals surface area contributed by atoms with Crippen molar-refractivity contribution in [3.63, 3.8) is 0 Å². The minimum atomic E-state index is -0.523. The van der Waals surface area contributed by atoms with Crippen molar-refractivity contribution in [2.24, 2.45) is 5.92 Å². The van der Waals surface area contributed by atoms with E-state index < -0.39 is 17.8 Å². The van der Waals surface area contributed by atoms with E-state index in [9.17, 15) is 9.59 Å². The van der Waals surface area contributed by atoms with E-state index in [1.807, 2.05) is 30.3 Å². The number of carbonyl (C=O) groups excluding carboxylic acids is 2. The summed E-state index contributed by atoms with van der Waals surface area (Å²) in [7, 11) is 0. The van der Waals surface area contributed by atoms with Crippen molar-refractivity contribution < 1.29 is 14.0 Å². The van der Waals surface area contributed by atoms with Crippen LogP contribution in [-0.4, -0.2) is 49.4 Å². The maximum absolute atomic E-state index is 15.0. The van der Waals surface area contributed by atoms with Crippen LogP contribution in [0.4, 0.5) is 21.5 Å². The summed E-state index contributed by atoms with van der Waals surface area (Å²) in [5.41, 5.74) is 4.60. The van der Waals surface area contributed by atoms with Gasteiger partial charge in [-0.3, -0.25) is 9.59 Å². The molecule has 214 valence electrons. The van der Waals surface area contributed by atoms with E-state index in [0.717, 1.165) is 61.6 Å². The molecule has 0 saturated carbocycles. The molecule has 3 aliphatic heterocycles. The Hall–Kier alpha value is -3.87. The van der Waals surface area contributed by atoms with Gasteiger partial charge in [0.2, 0.25) is 5.91 Å². The molecule has 2 amide bonds. The van der Waals surface area contributed by atoms with Crippen LogP contribution in [0.25, 0.3) is 0 Å². The summed E-state index contributed by atoms with van der Waals surface area (Å²) in [5.74, 6) is -1.46. The molecule has 0 radical (unpaired) electrons. The van der Waals surface area contributed by atoms with Gasteiger partial charge in [0.25, 0.3) is 5.91 Å². The van der Waals surface area contributed by atoms with Crippen molar-refractivity contribution in [3.8, 4) is 0 Å². The maximum atomic E-state index is 15.0. The molecule has 0 spiro atoms. The van der Waals surface area contributed by atoms with Gasteiger partial charge in [0.1, 0.15) is 5.82 Å². The molecule has 6 nitrogen and oxygen atoms in total. The molecule has 1 N–H and O–H groups in total. The van der Waals surface area contributed by atoms with Crippen molar-refractivity contribution >= 4 is 28.9 Å². The van der Waals surface area contributed by atoms with Gasteiger partial charge in [-0.2, -0.15) is 0 Å². The molecule has 7 heteroatoms. The number of carbonyl (C=O) groups is 2. The first kappa shape index (κ1) is 27.3. The third-order valence-electron chi connectivity index (χ3n) is 8.93. The highest BCUT2D eigenvalue weighted by molar-refractivity contribution is 5.98. The Labute approximate surface area is 242 Å². The molecule has 0 bridgehead atoms. The van der Waals surface area contributed by atoms with Crippen molar-refractivity contribution in [2.45, 2.75) is 51.5 Å². The summed E-state index contributed by atoms with van der Waals surface area (Å²) in [5, 5.41) is 3.18. The minimum Gasteiger partial charge on any atom is -0.372 e. The zero-order valence-electron chi connectivity index (χ0n) is 23.8. The van der Waals surface area contributed by atoms with Crippen LogP contribution in [0, 0.1) is 18.7 Å². The summed E-state index contributed by atoms with van der Waals surface area (Å²) in [6.45, 7) is 6.30. The number of hydrogen-bond donors (Lipinski definition) is 1. The fraction of sp³-hybridized carbons (Fsp3) is 0.412. The number of nitrogens with one attached hydrogen (secondary N) is 1. The predicted molar refractivity (Wildman–Crippen MR) is 162 cm³/mol. The van der Waals surface area contributed by atoms with Gasteiger partial charge in [0, 0.05) is 49.8 Å². The molecule has 0 aromatic heterocycles. The van der Waals surface area contributed by atoms with Crippen LogP contribution in [0.15, 0.2) is 66.7 Å². The second-order valence-electron chi connectivity index (χ2n) is 11.6. The van der Waals surface area contributed by atoms with Crippen molar-refractivity contribution in [2.75, 3.05) is 47.8 Å². The van der Waals surface area contributed by atoms with Crippen LogP contribution in [-0.2, 0) is 4.79 Å². The number of amides is 2. The topological polar surface area (TPSA) is 55.9 Å². The molecule has 3 aromatic rings. The van der Waals surface area contributed by atoms with Crippen molar-refractivity contribution in [1.82, 2.24) is 4.90 Å². The number of hydrogen-bond acceptors (Lipinski definition) is 4. The van der Waals surface area contributed by atoms with E-state index in [0.29, 0.717) is 24.9 Å². The highest BCUT2D eigenvalue weighted by Gasteiger charge is 2.41. The van der Waals surface area contributed by atoms with Gasteiger partial charge >= 0.3 is 0 Å². The summed E-state index contributed by atoms with van der Waals surface area (Å²) >= 11 is 0. The van der Waals surface area contributed by atoms with Crippen LogP contribution < -0.4 is 15.1 Å². The largest absolute Gasteiger partial charge is 0.372 e. The Kier molecular flexibility index (Phi) is 7.95. The Morgan fingerprint density at radius 3 is 2.10 bits per heavy atom. The molecule has 2 atom stereocenters. The van der Waals surface area contributed by atoms with E-state index in [2.05, 4.69) is 33.3 Å². The average molecular weight is 555 g/mol. The number of rotatable bonds is 6. The Morgan fingerprint density at radius 1 is 0.780 bits per heavy atom. The Morgan fingerprint density at radius 2 is 1.41 bits per heavy atom. The minimum absolute atomic E-state index is 0.0903. The monoisotopic (exact) mass is 554 g/mol. The molecule has 0 unspecified atom stereocenters. The van der Waals surface area contributed by atoms with Crippen LogP contribution in [0.3, 0.4) is 0 Å². The van der Waals surface area contributed by atoms with Gasteiger partial charge in [-0.25, -0.2) is 4.39 Å². The fourth-order valence-electron chi connectivity index (χ4n) is 6.83. The van der Waals surface area contributed by atoms with E-state index in [4.69, 9.17) is 0 Å². The first-order valence-corrected chi connectivity index (χ1v) is 15.1. The van der Waals surface area contributed by atoms with Gasteiger partial charge in [0.05, 0.1) is 17.5 Å². The highest BCUT2D eigenvalue weighted by atomic mass is 19.1. The summed E-state index contributed by atoms with van der Waals surface area (Å²) in [4.78, 5) is 34.5. The zero-order chi connectivity index (χ0) is 28.3. The predicted octanol–water partition coefficient (Wildman–Crippen LogP) is 6.57. The Balaban J connectivity index is 1.34. The molecule has 3 fully saturated rings. The summed E-state index contributed by atoms with van der Waals surface area (Å²) in [6, 6.07) is 20.5. The zero-order valence-corrected chi connectivity index (χ0v) is 23.8. The number of halogens is 1. The normalized spacial score (nSPS) is 20.9. The lowest BCUT2D eigenvalue weighted by Crippen LogP contribution is -2.46. The number of piperidine rings is 1. The van der Waals surface area contributed by atoms with E-state index in [-0.39, 0.29) is 17.4 Å². The number of anilines is 3. The van der Waals surface area contributed by atoms with Gasteiger partial charge in [-0.15, -0.1) is 0 Å². The lowest BCUT2D eigenvalue weighted by molar-refractivity contribution is -0.123. The highest BCUT2D eigenvalue weighted by Crippen LogP contribution is 2.40. The maximum Gasteiger partial charge on any atom is 0.257 e. The van der Waals surface area contributed by atoms with Gasteiger partial charge < -0.3 is 20.0 Å². The SMILES string of the molecule is Cc1cccc(F)c1C(=O)N1CCC[C@H](C(=O)Nc2cccc(N3CCCC3)c2)[C@@H]1c1cccc(N2CCCC2)c1. The third kappa shape index (κ3) is 5.67. The molecule has 0 aliphatic carbocycles. The average Bonchev–Trinajstić information content (AvgIpc) is 3.72. The van der Waals surface area contributed by atoms with Gasteiger partial charge in [-0.1, -0.05) is 30.3 Å². The van der Waals surface area contributed by atoms with Crippen molar-refractivity contribution in [3.05, 3.63) is 89.2 Å². The standard InChI is InChI=1S/C34H39FN4O2/c1-24-10-6-16-30(35)31(24)34(41)39-21-9-15-29(32(39)25-11-7-13-27(22-25)37-17-2-3-18-37)33(40)36-26-12-8-14-28(23-26)38-19-4-5-20-38/h6-8,10-14,16,22-23,29,32H,2-5,9,15,17-21H2,1H3,(H,36,40)/t29-,32-/m0/s1. The van der Waals surface area contributed by atoms with Gasteiger partial charge in [-0.05, 0) is 93.0 Å². The molecule has 3 heterocycles. The lowest BCUT2D eigenvalue weighted by atomic mass is 9.83. The van der Waals surface area contributed by atoms with Crippen LogP contribution in [0.5, 0.6) is 0 Å². The second-order valence-corrected chi connectivity index (χ2v) is 11.6. The number of nitrogens with zero attached hydrogens (tertiary/aromatic N) is 3. The Bertz CT molecular complexity index is 1390. The van der Waals surface area contributed by atoms with Crippen LogP contribution in [0.1, 0.15) is 66.1 Å². The quantitative estimate of drug-likeness (QED) is 0.375. The second kappa shape index (κ2) is 11.9. The summed E-state index contributed by atoms with van der Waals surface area (Å²) < 4.78 is 15.0. The van der Waals surface area contributed by atoms with E-state index >= 15 is 4.39 Å². The summed E-state index contributed by atoms with van der Waals surface area (Å²) in [6.07, 6.45) is 6.01. The molecule has 3 aromatic carbocycles. The lowest BCUT2D eigenvalue weighted by Gasteiger charge is -2.41. The molecular formula is C34H39FN4O2. The van der Waals surface area contributed by atoms with Crippen molar-refractivity contribution in [1.29, 1.82) is 0 Å². The van der Waals surface area contributed by atoms with E-state index in [1.165, 1.54) is 18.9 Å². The smallest absolute Gasteiger partial charge is 0.257 e. The molecule has 3 aliphatic rings. The number of benzene rings is 3. The first-order chi connectivity index (χ1) is 20.0. The molecule has 41 heavy (non-hydrogen) atoms. The fourth-order valence-corrected chi connectivity index (χ4v) is 6.83. The molecule has 3 saturated heterocycles. The molecule has 6 rings (SSSR count). The van der Waals surface area contributed by atoms with E-state index in [1.54, 1.807) is 24.0 Å². The van der Waals surface area contributed by atoms with Crippen LogP contribution in [0.2, 0.25) is 0 Å². The van der Waals surface area contributed by atoms with Crippen LogP contribution >= 0.6 is 0 Å². The first-order valence-electron chi connectivity index (χ1n) is 15.1. The number of aryl methyl sites for hydroxylation is 1. The molecular weight excluding hydrogens is 515 g/mol.